The smallest absolute Gasteiger partial charge is 0.229 e. The summed E-state index contributed by atoms with van der Waals surface area (Å²) in [5.41, 5.74) is 0.678. The van der Waals surface area contributed by atoms with Crippen LogP contribution < -0.4 is 5.32 Å². The number of ketones is 1. The summed E-state index contributed by atoms with van der Waals surface area (Å²) < 4.78 is 0. The Morgan fingerprint density at radius 3 is 2.50 bits per heavy atom. The molecule has 0 bridgehead atoms. The first-order chi connectivity index (χ1) is 11.6. The first-order valence-corrected chi connectivity index (χ1v) is 9.56. The molecule has 1 atom stereocenters. The molecule has 128 valence electrons. The molecule has 1 saturated heterocycles. The van der Waals surface area contributed by atoms with Crippen molar-refractivity contribution in [1.29, 1.82) is 0 Å². The zero-order chi connectivity index (χ0) is 16.7. The van der Waals surface area contributed by atoms with E-state index in [1.54, 1.807) is 0 Å². The van der Waals surface area contributed by atoms with E-state index in [0.717, 1.165) is 45.2 Å². The Bertz CT molecular complexity index is 689. The van der Waals surface area contributed by atoms with E-state index in [4.69, 9.17) is 0 Å². The normalized spacial score (nSPS) is 23.8. The number of thiazole rings is 1. The zero-order valence-corrected chi connectivity index (χ0v) is 14.4. The second kappa shape index (κ2) is 6.27. The van der Waals surface area contributed by atoms with Crippen molar-refractivity contribution in [3.05, 3.63) is 10.6 Å². The third-order valence-corrected chi connectivity index (χ3v) is 6.35. The maximum absolute atomic E-state index is 12.6. The number of nitrogens with zero attached hydrogens (tertiary/aromatic N) is 2. The molecule has 0 radical (unpaired) electrons. The fraction of sp³-hybridized carbons (Fsp3) is 0.647. The van der Waals surface area contributed by atoms with Crippen LogP contribution in [0.1, 0.15) is 53.9 Å². The highest BCUT2D eigenvalue weighted by Gasteiger charge is 2.36. The Hall–Kier alpha value is -1.76. The number of carbonyl (C=O) groups excluding carboxylic acids is 3. The summed E-state index contributed by atoms with van der Waals surface area (Å²) in [5.74, 6) is -0.133. The van der Waals surface area contributed by atoms with E-state index in [9.17, 15) is 14.4 Å². The molecule has 0 aromatic carbocycles. The van der Waals surface area contributed by atoms with Gasteiger partial charge in [-0.3, -0.25) is 14.4 Å². The summed E-state index contributed by atoms with van der Waals surface area (Å²) in [6, 6.07) is 0. The van der Waals surface area contributed by atoms with Gasteiger partial charge in [0, 0.05) is 31.8 Å². The van der Waals surface area contributed by atoms with E-state index in [0.29, 0.717) is 22.1 Å². The molecule has 0 spiro atoms. The number of aromatic nitrogens is 1. The fourth-order valence-electron chi connectivity index (χ4n) is 3.63. The molecule has 2 heterocycles. The molecule has 1 saturated carbocycles. The monoisotopic (exact) mass is 347 g/mol. The maximum atomic E-state index is 12.6. The lowest BCUT2D eigenvalue weighted by atomic mass is 9.85. The van der Waals surface area contributed by atoms with Crippen molar-refractivity contribution in [2.75, 3.05) is 18.4 Å². The number of hydrogen-bond donors (Lipinski definition) is 1. The van der Waals surface area contributed by atoms with E-state index in [1.165, 1.54) is 11.3 Å². The molecule has 2 aliphatic carbocycles. The molecule has 1 aromatic rings. The minimum atomic E-state index is -0.291. The van der Waals surface area contributed by atoms with Crippen LogP contribution in [0.4, 0.5) is 5.13 Å². The van der Waals surface area contributed by atoms with Crippen LogP contribution >= 0.6 is 11.3 Å². The van der Waals surface area contributed by atoms with Crippen molar-refractivity contribution in [2.24, 2.45) is 11.8 Å². The van der Waals surface area contributed by atoms with Gasteiger partial charge in [-0.05, 0) is 25.7 Å². The Balaban J connectivity index is 1.47. The van der Waals surface area contributed by atoms with Gasteiger partial charge in [0.25, 0.3) is 0 Å². The molecule has 2 fully saturated rings. The van der Waals surface area contributed by atoms with E-state index in [1.807, 2.05) is 4.90 Å². The number of likely N-dealkylation sites (tertiary alicyclic amines) is 1. The summed E-state index contributed by atoms with van der Waals surface area (Å²) >= 11 is 1.25. The van der Waals surface area contributed by atoms with Crippen LogP contribution in [0.25, 0.3) is 0 Å². The first kappa shape index (κ1) is 15.7. The zero-order valence-electron chi connectivity index (χ0n) is 13.5. The van der Waals surface area contributed by atoms with Gasteiger partial charge >= 0.3 is 0 Å². The number of carbonyl (C=O) groups is 3. The van der Waals surface area contributed by atoms with Crippen LogP contribution in [0.5, 0.6) is 0 Å². The quantitative estimate of drug-likeness (QED) is 0.909. The number of amides is 2. The maximum Gasteiger partial charge on any atom is 0.229 e. The summed E-state index contributed by atoms with van der Waals surface area (Å²) in [7, 11) is 0. The van der Waals surface area contributed by atoms with E-state index in [2.05, 4.69) is 10.3 Å². The van der Waals surface area contributed by atoms with Crippen molar-refractivity contribution >= 4 is 34.1 Å². The highest BCUT2D eigenvalue weighted by Crippen LogP contribution is 2.34. The summed E-state index contributed by atoms with van der Waals surface area (Å²) in [5, 5.41) is 3.34. The van der Waals surface area contributed by atoms with Gasteiger partial charge in [-0.15, -0.1) is 0 Å². The lowest BCUT2D eigenvalue weighted by Gasteiger charge is -2.24. The van der Waals surface area contributed by atoms with Crippen molar-refractivity contribution in [1.82, 2.24) is 9.88 Å². The minimum absolute atomic E-state index is 0.00416. The van der Waals surface area contributed by atoms with E-state index < -0.39 is 0 Å². The van der Waals surface area contributed by atoms with Crippen LogP contribution in [0, 0.1) is 11.8 Å². The lowest BCUT2D eigenvalue weighted by Crippen LogP contribution is -2.37. The van der Waals surface area contributed by atoms with Gasteiger partial charge in [-0.2, -0.15) is 0 Å². The molecule has 3 aliphatic rings. The lowest BCUT2D eigenvalue weighted by molar-refractivity contribution is -0.134. The van der Waals surface area contributed by atoms with Crippen LogP contribution in [0.15, 0.2) is 0 Å². The number of fused-ring (bicyclic) bond motifs is 1. The number of hydrogen-bond acceptors (Lipinski definition) is 5. The summed E-state index contributed by atoms with van der Waals surface area (Å²) in [4.78, 5) is 43.9. The minimum Gasteiger partial charge on any atom is -0.342 e. The standard InChI is InChI=1S/C17H21N3O3S/c21-13-9-11(16(23)20-6-1-2-7-20)8-12-14(13)24-17(18-12)19-15(22)10-4-3-5-10/h10-11H,1-9H2,(H,18,19,22)/t11-/m0/s1. The molecule has 6 nitrogen and oxygen atoms in total. The van der Waals surface area contributed by atoms with Gasteiger partial charge < -0.3 is 10.2 Å². The molecule has 1 aliphatic heterocycles. The van der Waals surface area contributed by atoms with E-state index in [-0.39, 0.29) is 35.9 Å². The second-order valence-electron chi connectivity index (χ2n) is 6.97. The number of anilines is 1. The predicted molar refractivity (Wildman–Crippen MR) is 90.0 cm³/mol. The molecule has 0 unspecified atom stereocenters. The Morgan fingerprint density at radius 1 is 1.08 bits per heavy atom. The number of Topliss-reactive ketones (excluding diaryl/α,β-unsaturated/α-hetero) is 1. The van der Waals surface area contributed by atoms with Crippen LogP contribution in [-0.4, -0.2) is 40.6 Å². The fourth-order valence-corrected chi connectivity index (χ4v) is 4.58. The number of rotatable bonds is 3. The topological polar surface area (TPSA) is 79.4 Å². The Kier molecular flexibility index (Phi) is 4.12. The van der Waals surface area contributed by atoms with Gasteiger partial charge in [0.05, 0.1) is 16.5 Å². The van der Waals surface area contributed by atoms with Crippen LogP contribution in [0.2, 0.25) is 0 Å². The van der Waals surface area contributed by atoms with Crippen molar-refractivity contribution in [3.8, 4) is 0 Å². The van der Waals surface area contributed by atoms with Crippen molar-refractivity contribution in [3.63, 3.8) is 0 Å². The van der Waals surface area contributed by atoms with Gasteiger partial charge in [-0.25, -0.2) is 4.98 Å². The molecular weight excluding hydrogens is 326 g/mol. The average Bonchev–Trinajstić information content (AvgIpc) is 3.13. The van der Waals surface area contributed by atoms with Crippen LogP contribution in [-0.2, 0) is 16.0 Å². The third-order valence-electron chi connectivity index (χ3n) is 5.30. The van der Waals surface area contributed by atoms with Crippen molar-refractivity contribution < 1.29 is 14.4 Å². The average molecular weight is 347 g/mol. The van der Waals surface area contributed by atoms with Gasteiger partial charge in [0.2, 0.25) is 11.8 Å². The van der Waals surface area contributed by atoms with Gasteiger partial charge in [-0.1, -0.05) is 17.8 Å². The largest absolute Gasteiger partial charge is 0.342 e. The van der Waals surface area contributed by atoms with E-state index >= 15 is 0 Å². The molecule has 1 N–H and O–H groups in total. The SMILES string of the molecule is O=C1C[C@@H](C(=O)N2CCCC2)Cc2nc(NC(=O)C3CCC3)sc21. The highest BCUT2D eigenvalue weighted by molar-refractivity contribution is 7.17. The van der Waals surface area contributed by atoms with Crippen molar-refractivity contribution in [2.45, 2.75) is 44.9 Å². The molecular formula is C17H21N3O3S. The second-order valence-corrected chi connectivity index (χ2v) is 7.97. The Labute approximate surface area is 144 Å². The Morgan fingerprint density at radius 2 is 1.83 bits per heavy atom. The molecule has 4 rings (SSSR count). The molecule has 7 heteroatoms. The summed E-state index contributed by atoms with van der Waals surface area (Å²) in [6.45, 7) is 1.60. The van der Waals surface area contributed by atoms with Gasteiger partial charge in [0.15, 0.2) is 10.9 Å². The summed E-state index contributed by atoms with van der Waals surface area (Å²) in [6.07, 6.45) is 5.83. The first-order valence-electron chi connectivity index (χ1n) is 8.74. The third kappa shape index (κ3) is 2.85. The predicted octanol–water partition coefficient (Wildman–Crippen LogP) is 2.25. The highest BCUT2D eigenvalue weighted by atomic mass is 32.1. The van der Waals surface area contributed by atoms with Crippen LogP contribution in [0.3, 0.4) is 0 Å². The molecule has 1 aromatic heterocycles. The molecule has 24 heavy (non-hydrogen) atoms. The van der Waals surface area contributed by atoms with Gasteiger partial charge in [0.1, 0.15) is 0 Å². The number of nitrogens with one attached hydrogen (secondary N) is 1. The molecule has 2 amide bonds.